The minimum Gasteiger partial charge on any atom is -0.341 e. The van der Waals surface area contributed by atoms with Gasteiger partial charge in [0.05, 0.1) is 11.5 Å². The van der Waals surface area contributed by atoms with Crippen molar-refractivity contribution in [2.45, 2.75) is 25.1 Å². The van der Waals surface area contributed by atoms with Crippen LogP contribution in [-0.2, 0) is 22.3 Å². The second-order valence-corrected chi connectivity index (χ2v) is 6.28. The van der Waals surface area contributed by atoms with Crippen LogP contribution in [-0.4, -0.2) is 23.8 Å². The molecule has 2 aromatic carbocycles. The van der Waals surface area contributed by atoms with E-state index in [9.17, 15) is 22.8 Å². The molecule has 0 saturated carbocycles. The molecule has 0 radical (unpaired) electrons. The molecule has 2 aromatic rings. The number of benzene rings is 2. The highest BCUT2D eigenvalue weighted by molar-refractivity contribution is 6.01. The zero-order valence-electron chi connectivity index (χ0n) is 14.0. The first-order chi connectivity index (χ1) is 12.3. The largest absolute Gasteiger partial charge is 0.416 e. The average Bonchev–Trinajstić information content (AvgIpc) is 2.60. The van der Waals surface area contributed by atoms with Crippen molar-refractivity contribution in [1.82, 2.24) is 4.90 Å². The minimum atomic E-state index is -4.39. The van der Waals surface area contributed by atoms with Crippen LogP contribution in [0.4, 0.5) is 18.9 Å². The van der Waals surface area contributed by atoms with Crippen LogP contribution in [0.15, 0.2) is 48.5 Å². The fourth-order valence-corrected chi connectivity index (χ4v) is 3.05. The molecule has 26 heavy (non-hydrogen) atoms. The van der Waals surface area contributed by atoms with E-state index in [1.165, 1.54) is 17.0 Å². The number of halogens is 3. The van der Waals surface area contributed by atoms with E-state index in [0.717, 1.165) is 17.7 Å². The third-order valence-electron chi connectivity index (χ3n) is 4.38. The summed E-state index contributed by atoms with van der Waals surface area (Å²) in [4.78, 5) is 26.1. The molecule has 1 unspecified atom stereocenters. The van der Waals surface area contributed by atoms with Crippen LogP contribution >= 0.6 is 0 Å². The molecule has 0 bridgehead atoms. The van der Waals surface area contributed by atoms with E-state index in [1.807, 2.05) is 0 Å². The number of nitrogens with zero attached hydrogens (tertiary/aromatic N) is 1. The summed E-state index contributed by atoms with van der Waals surface area (Å²) in [7, 11) is 1.58. The van der Waals surface area contributed by atoms with E-state index in [-0.39, 0.29) is 24.8 Å². The summed E-state index contributed by atoms with van der Waals surface area (Å²) in [6.07, 6.45) is -4.34. The molecule has 1 heterocycles. The van der Waals surface area contributed by atoms with Gasteiger partial charge in [0, 0.05) is 25.7 Å². The Hall–Kier alpha value is -2.83. The third-order valence-corrected chi connectivity index (χ3v) is 4.38. The molecule has 0 spiro atoms. The molecular weight excluding hydrogens is 345 g/mol. The molecule has 4 nitrogen and oxygen atoms in total. The van der Waals surface area contributed by atoms with Crippen molar-refractivity contribution in [2.24, 2.45) is 0 Å². The molecular formula is C19H17F3N2O2. The fraction of sp³-hybridized carbons (Fsp3) is 0.263. The summed E-state index contributed by atoms with van der Waals surface area (Å²) in [5, 5.41) is 2.74. The summed E-state index contributed by atoms with van der Waals surface area (Å²) in [6.45, 7) is 0.164. The van der Waals surface area contributed by atoms with Gasteiger partial charge in [0.15, 0.2) is 0 Å². The predicted molar refractivity (Wildman–Crippen MR) is 90.3 cm³/mol. The number of hydrogen-bond acceptors (Lipinski definition) is 2. The summed E-state index contributed by atoms with van der Waals surface area (Å²) < 4.78 is 37.9. The number of fused-ring (bicyclic) bond motifs is 1. The monoisotopic (exact) mass is 362 g/mol. The van der Waals surface area contributed by atoms with Crippen molar-refractivity contribution >= 4 is 17.5 Å². The number of carbonyl (C=O) groups is 2. The molecule has 1 aliphatic heterocycles. The number of hydrogen-bond donors (Lipinski definition) is 1. The van der Waals surface area contributed by atoms with Crippen LogP contribution in [0.25, 0.3) is 0 Å². The van der Waals surface area contributed by atoms with E-state index in [4.69, 9.17) is 0 Å². The Kier molecular flexibility index (Phi) is 4.71. The van der Waals surface area contributed by atoms with Crippen LogP contribution < -0.4 is 5.32 Å². The lowest BCUT2D eigenvalue weighted by molar-refractivity contribution is -0.137. The summed E-state index contributed by atoms with van der Waals surface area (Å²) >= 11 is 0. The number of rotatable bonds is 3. The van der Waals surface area contributed by atoms with E-state index < -0.39 is 17.7 Å². The molecule has 1 N–H and O–H groups in total. The van der Waals surface area contributed by atoms with E-state index in [1.54, 1.807) is 31.3 Å². The lowest BCUT2D eigenvalue weighted by atomic mass is 9.89. The predicted octanol–water partition coefficient (Wildman–Crippen LogP) is 3.79. The van der Waals surface area contributed by atoms with Gasteiger partial charge in [0.1, 0.15) is 0 Å². The van der Waals surface area contributed by atoms with Gasteiger partial charge in [-0.1, -0.05) is 30.3 Å². The molecule has 0 fully saturated rings. The zero-order valence-corrected chi connectivity index (χ0v) is 14.0. The number of para-hydroxylation sites is 1. The van der Waals surface area contributed by atoms with Gasteiger partial charge in [-0.3, -0.25) is 9.59 Å². The van der Waals surface area contributed by atoms with Gasteiger partial charge in [-0.15, -0.1) is 0 Å². The highest BCUT2D eigenvalue weighted by atomic mass is 19.4. The standard InChI is InChI=1S/C19H17F3N2O2/c1-24(11-12-6-8-13(9-7-12)19(20,21)22)18(26)15-10-17(25)23-16-5-3-2-4-14(15)16/h2-9,15H,10-11H2,1H3,(H,23,25). The van der Waals surface area contributed by atoms with Gasteiger partial charge in [0.25, 0.3) is 0 Å². The van der Waals surface area contributed by atoms with E-state index in [0.29, 0.717) is 11.3 Å². The smallest absolute Gasteiger partial charge is 0.341 e. The quantitative estimate of drug-likeness (QED) is 0.903. The van der Waals surface area contributed by atoms with Gasteiger partial charge >= 0.3 is 6.18 Å². The number of likely N-dealkylation sites (N-methyl/N-ethyl adjacent to an activating group) is 1. The molecule has 0 aliphatic carbocycles. The molecule has 7 heteroatoms. The fourth-order valence-electron chi connectivity index (χ4n) is 3.05. The average molecular weight is 362 g/mol. The lowest BCUT2D eigenvalue weighted by Crippen LogP contribution is -2.36. The summed E-state index contributed by atoms with van der Waals surface area (Å²) in [5.41, 5.74) is 1.22. The Morgan fingerprint density at radius 1 is 1.15 bits per heavy atom. The van der Waals surface area contributed by atoms with E-state index >= 15 is 0 Å². The SMILES string of the molecule is CN(Cc1ccc(C(F)(F)F)cc1)C(=O)C1CC(=O)Nc2ccccc21. The van der Waals surface area contributed by atoms with Crippen molar-refractivity contribution in [3.63, 3.8) is 0 Å². The highest BCUT2D eigenvalue weighted by Gasteiger charge is 2.33. The molecule has 0 aromatic heterocycles. The Balaban J connectivity index is 1.75. The Morgan fingerprint density at radius 3 is 2.46 bits per heavy atom. The summed E-state index contributed by atoms with van der Waals surface area (Å²) in [5.74, 6) is -1.07. The minimum absolute atomic E-state index is 0.0488. The van der Waals surface area contributed by atoms with Gasteiger partial charge in [-0.25, -0.2) is 0 Å². The van der Waals surface area contributed by atoms with Crippen molar-refractivity contribution in [2.75, 3.05) is 12.4 Å². The maximum atomic E-state index is 12.8. The Bertz CT molecular complexity index is 831. The third kappa shape index (κ3) is 3.71. The van der Waals surface area contributed by atoms with Crippen molar-refractivity contribution in [3.05, 3.63) is 65.2 Å². The molecule has 136 valence electrons. The van der Waals surface area contributed by atoms with E-state index in [2.05, 4.69) is 5.32 Å². The Morgan fingerprint density at radius 2 is 1.81 bits per heavy atom. The van der Waals surface area contributed by atoms with Gasteiger partial charge in [-0.05, 0) is 29.3 Å². The maximum Gasteiger partial charge on any atom is 0.416 e. The topological polar surface area (TPSA) is 49.4 Å². The van der Waals surface area contributed by atoms with Crippen LogP contribution in [0.1, 0.15) is 29.0 Å². The van der Waals surface area contributed by atoms with Crippen molar-refractivity contribution < 1.29 is 22.8 Å². The van der Waals surface area contributed by atoms with Gasteiger partial charge in [0.2, 0.25) is 11.8 Å². The first kappa shape index (κ1) is 18.0. The second kappa shape index (κ2) is 6.82. The molecule has 1 aliphatic rings. The molecule has 2 amide bonds. The Labute approximate surface area is 148 Å². The second-order valence-electron chi connectivity index (χ2n) is 6.28. The first-order valence-corrected chi connectivity index (χ1v) is 8.05. The molecule has 3 rings (SSSR count). The zero-order chi connectivity index (χ0) is 18.9. The van der Waals surface area contributed by atoms with Gasteiger partial charge in [-0.2, -0.15) is 13.2 Å². The number of nitrogens with one attached hydrogen (secondary N) is 1. The summed E-state index contributed by atoms with van der Waals surface area (Å²) in [6, 6.07) is 11.8. The first-order valence-electron chi connectivity index (χ1n) is 8.05. The normalized spacial score (nSPS) is 16.6. The van der Waals surface area contributed by atoms with Crippen LogP contribution in [0.2, 0.25) is 0 Å². The molecule has 1 atom stereocenters. The lowest BCUT2D eigenvalue weighted by Gasteiger charge is -2.28. The van der Waals surface area contributed by atoms with Crippen molar-refractivity contribution in [1.29, 1.82) is 0 Å². The number of anilines is 1. The number of amides is 2. The van der Waals surface area contributed by atoms with Crippen LogP contribution in [0.5, 0.6) is 0 Å². The number of carbonyl (C=O) groups excluding carboxylic acids is 2. The van der Waals surface area contributed by atoms with Crippen LogP contribution in [0.3, 0.4) is 0 Å². The number of alkyl halides is 3. The molecule has 0 saturated heterocycles. The highest BCUT2D eigenvalue weighted by Crippen LogP contribution is 2.33. The van der Waals surface area contributed by atoms with Gasteiger partial charge < -0.3 is 10.2 Å². The maximum absolute atomic E-state index is 12.8. The van der Waals surface area contributed by atoms with Crippen molar-refractivity contribution in [3.8, 4) is 0 Å². The van der Waals surface area contributed by atoms with Crippen LogP contribution in [0, 0.1) is 0 Å².